The van der Waals surface area contributed by atoms with E-state index in [4.69, 9.17) is 4.42 Å². The Morgan fingerprint density at radius 3 is 2.92 bits per heavy atom. The summed E-state index contributed by atoms with van der Waals surface area (Å²) in [5.41, 5.74) is 3.47. The number of aromatic nitrogens is 6. The summed E-state index contributed by atoms with van der Waals surface area (Å²) in [6.07, 6.45) is 10.9. The second-order valence-electron chi connectivity index (χ2n) is 6.07. The van der Waals surface area contributed by atoms with Gasteiger partial charge in [0.2, 0.25) is 0 Å². The van der Waals surface area contributed by atoms with Gasteiger partial charge in [0.05, 0.1) is 11.8 Å². The van der Waals surface area contributed by atoms with Crippen LogP contribution in [0.5, 0.6) is 0 Å². The van der Waals surface area contributed by atoms with Crippen molar-refractivity contribution in [3.63, 3.8) is 0 Å². The van der Waals surface area contributed by atoms with Gasteiger partial charge in [-0.1, -0.05) is 12.1 Å². The maximum absolute atomic E-state index is 5.79. The Morgan fingerprint density at radius 2 is 1.96 bits per heavy atom. The topological polar surface area (TPSA) is 74.0 Å². The van der Waals surface area contributed by atoms with Gasteiger partial charge in [0, 0.05) is 37.8 Å². The SMILES string of the molecule is c1ccc2oc(CCCn3ccnc3-c3cnn4cccnc34)nc2c1. The van der Waals surface area contributed by atoms with Crippen LogP contribution in [0.3, 0.4) is 0 Å². The van der Waals surface area contributed by atoms with E-state index in [2.05, 4.69) is 24.6 Å². The molecule has 1 aromatic carbocycles. The summed E-state index contributed by atoms with van der Waals surface area (Å²) < 4.78 is 9.66. The molecule has 0 saturated heterocycles. The zero-order valence-electron chi connectivity index (χ0n) is 14.0. The lowest BCUT2D eigenvalue weighted by molar-refractivity contribution is 0.504. The van der Waals surface area contributed by atoms with E-state index in [0.29, 0.717) is 0 Å². The largest absolute Gasteiger partial charge is 0.441 e. The number of hydrogen-bond donors (Lipinski definition) is 0. The van der Waals surface area contributed by atoms with E-state index in [0.717, 1.165) is 53.4 Å². The third kappa shape index (κ3) is 2.54. The van der Waals surface area contributed by atoms with Crippen LogP contribution in [-0.4, -0.2) is 29.1 Å². The van der Waals surface area contributed by atoms with Crippen LogP contribution in [0.15, 0.2) is 65.7 Å². The lowest BCUT2D eigenvalue weighted by Gasteiger charge is -2.05. The molecule has 0 aliphatic carbocycles. The first-order valence-electron chi connectivity index (χ1n) is 8.53. The van der Waals surface area contributed by atoms with Gasteiger partial charge < -0.3 is 8.98 Å². The first-order chi connectivity index (χ1) is 12.9. The average Bonchev–Trinajstić information content (AvgIpc) is 3.38. The summed E-state index contributed by atoms with van der Waals surface area (Å²) in [4.78, 5) is 13.4. The highest BCUT2D eigenvalue weighted by Gasteiger charge is 2.13. The smallest absolute Gasteiger partial charge is 0.195 e. The third-order valence-electron chi connectivity index (χ3n) is 4.36. The van der Waals surface area contributed by atoms with E-state index >= 15 is 0 Å². The van der Waals surface area contributed by atoms with Crippen LogP contribution in [0.2, 0.25) is 0 Å². The molecule has 5 aromatic rings. The molecule has 0 unspecified atom stereocenters. The molecule has 0 bridgehead atoms. The molecule has 7 heteroatoms. The van der Waals surface area contributed by atoms with Crippen molar-refractivity contribution in [2.24, 2.45) is 0 Å². The Hall–Kier alpha value is -3.48. The molecule has 0 radical (unpaired) electrons. The lowest BCUT2D eigenvalue weighted by atomic mass is 10.2. The quantitative estimate of drug-likeness (QED) is 0.489. The first-order valence-corrected chi connectivity index (χ1v) is 8.53. The molecule has 4 heterocycles. The Morgan fingerprint density at radius 1 is 1.00 bits per heavy atom. The summed E-state index contributed by atoms with van der Waals surface area (Å²) in [6.45, 7) is 0.818. The summed E-state index contributed by atoms with van der Waals surface area (Å²) in [5, 5.41) is 4.34. The number of hydrogen-bond acceptors (Lipinski definition) is 5. The standard InChI is InChI=1S/C19H16N6O/c1-2-6-16-15(5-1)23-17(26-16)7-3-10-24-12-9-21-18(24)14-13-22-25-11-4-8-20-19(14)25/h1-2,4-6,8-9,11-13H,3,7,10H2. The molecule has 0 spiro atoms. The van der Waals surface area contributed by atoms with E-state index in [1.165, 1.54) is 0 Å². The minimum absolute atomic E-state index is 0.769. The highest BCUT2D eigenvalue weighted by atomic mass is 16.3. The average molecular weight is 344 g/mol. The third-order valence-corrected chi connectivity index (χ3v) is 4.36. The molecule has 4 aromatic heterocycles. The van der Waals surface area contributed by atoms with Gasteiger partial charge in [-0.25, -0.2) is 19.5 Å². The number of fused-ring (bicyclic) bond motifs is 2. The molecule has 0 aliphatic heterocycles. The van der Waals surface area contributed by atoms with Crippen molar-refractivity contribution in [2.75, 3.05) is 0 Å². The maximum atomic E-state index is 5.79. The molecular weight excluding hydrogens is 328 g/mol. The second-order valence-corrected chi connectivity index (χ2v) is 6.07. The number of nitrogens with zero attached hydrogens (tertiary/aromatic N) is 6. The monoisotopic (exact) mass is 344 g/mol. The predicted molar refractivity (Wildman–Crippen MR) is 96.5 cm³/mol. The van der Waals surface area contributed by atoms with Gasteiger partial charge in [-0.3, -0.25) is 0 Å². The van der Waals surface area contributed by atoms with Crippen LogP contribution in [0.4, 0.5) is 0 Å². The van der Waals surface area contributed by atoms with E-state index in [-0.39, 0.29) is 0 Å². The zero-order chi connectivity index (χ0) is 17.3. The number of para-hydroxylation sites is 2. The zero-order valence-corrected chi connectivity index (χ0v) is 14.0. The fourth-order valence-corrected chi connectivity index (χ4v) is 3.15. The van der Waals surface area contributed by atoms with Crippen LogP contribution in [0, 0.1) is 0 Å². The van der Waals surface area contributed by atoms with Crippen LogP contribution in [0.1, 0.15) is 12.3 Å². The molecular formula is C19H16N6O. The number of imidazole rings is 1. The lowest BCUT2D eigenvalue weighted by Crippen LogP contribution is -2.01. The number of benzene rings is 1. The predicted octanol–water partition coefficient (Wildman–Crippen LogP) is 3.37. The van der Waals surface area contributed by atoms with Crippen molar-refractivity contribution in [3.05, 3.63) is 67.2 Å². The Kier molecular flexibility index (Phi) is 3.48. The molecule has 0 saturated carbocycles. The Bertz CT molecular complexity index is 1150. The minimum atomic E-state index is 0.769. The normalized spacial score (nSPS) is 11.5. The van der Waals surface area contributed by atoms with Gasteiger partial charge in [-0.05, 0) is 24.6 Å². The Labute approximate surface area is 149 Å². The van der Waals surface area contributed by atoms with E-state index < -0.39 is 0 Å². The first kappa shape index (κ1) is 14.8. The van der Waals surface area contributed by atoms with Crippen molar-refractivity contribution in [1.82, 2.24) is 29.1 Å². The van der Waals surface area contributed by atoms with Crippen molar-refractivity contribution < 1.29 is 4.42 Å². The van der Waals surface area contributed by atoms with Crippen LogP contribution in [0.25, 0.3) is 28.1 Å². The van der Waals surface area contributed by atoms with Crippen molar-refractivity contribution >= 4 is 16.7 Å². The molecule has 0 aliphatic rings. The van der Waals surface area contributed by atoms with Crippen molar-refractivity contribution in [1.29, 1.82) is 0 Å². The van der Waals surface area contributed by atoms with Crippen molar-refractivity contribution in [2.45, 2.75) is 19.4 Å². The van der Waals surface area contributed by atoms with Gasteiger partial charge in [0.15, 0.2) is 17.1 Å². The van der Waals surface area contributed by atoms with Gasteiger partial charge in [-0.2, -0.15) is 5.10 Å². The maximum Gasteiger partial charge on any atom is 0.195 e. The Balaban J connectivity index is 1.35. The summed E-state index contributed by atoms with van der Waals surface area (Å²) in [5.74, 6) is 1.64. The number of oxazole rings is 1. The van der Waals surface area contributed by atoms with Crippen LogP contribution in [-0.2, 0) is 13.0 Å². The molecule has 0 N–H and O–H groups in total. The van der Waals surface area contributed by atoms with Gasteiger partial charge >= 0.3 is 0 Å². The summed E-state index contributed by atoms with van der Waals surface area (Å²) in [6, 6.07) is 9.69. The second kappa shape index (κ2) is 6.11. The molecule has 26 heavy (non-hydrogen) atoms. The minimum Gasteiger partial charge on any atom is -0.441 e. The van der Waals surface area contributed by atoms with Crippen LogP contribution >= 0.6 is 0 Å². The van der Waals surface area contributed by atoms with E-state index in [1.807, 2.05) is 48.9 Å². The molecule has 7 nitrogen and oxygen atoms in total. The van der Waals surface area contributed by atoms with E-state index in [9.17, 15) is 0 Å². The molecule has 0 atom stereocenters. The highest BCUT2D eigenvalue weighted by molar-refractivity contribution is 5.72. The molecule has 128 valence electrons. The summed E-state index contributed by atoms with van der Waals surface area (Å²) >= 11 is 0. The number of aryl methyl sites for hydroxylation is 2. The molecule has 0 fully saturated rings. The number of rotatable bonds is 5. The fraction of sp³-hybridized carbons (Fsp3) is 0.158. The van der Waals surface area contributed by atoms with Gasteiger partial charge in [0.1, 0.15) is 11.3 Å². The van der Waals surface area contributed by atoms with Crippen LogP contribution < -0.4 is 0 Å². The van der Waals surface area contributed by atoms with E-state index in [1.54, 1.807) is 16.9 Å². The fourth-order valence-electron chi connectivity index (χ4n) is 3.15. The summed E-state index contributed by atoms with van der Waals surface area (Å²) in [7, 11) is 0. The van der Waals surface area contributed by atoms with Gasteiger partial charge in [-0.15, -0.1) is 0 Å². The molecule has 5 rings (SSSR count). The van der Waals surface area contributed by atoms with Gasteiger partial charge in [0.25, 0.3) is 0 Å². The molecule has 0 amide bonds. The highest BCUT2D eigenvalue weighted by Crippen LogP contribution is 2.22. The van der Waals surface area contributed by atoms with Crippen molar-refractivity contribution in [3.8, 4) is 11.4 Å².